The van der Waals surface area contributed by atoms with Crippen LogP contribution in [0.4, 0.5) is 4.79 Å². The number of amides is 1. The molecule has 5 nitrogen and oxygen atoms in total. The van der Waals surface area contributed by atoms with Gasteiger partial charge in [-0.2, -0.15) is 0 Å². The first kappa shape index (κ1) is 19.4. The zero-order chi connectivity index (χ0) is 17.7. The van der Waals surface area contributed by atoms with Gasteiger partial charge in [-0.05, 0) is 44.7 Å². The van der Waals surface area contributed by atoms with Gasteiger partial charge in [-0.25, -0.2) is 4.79 Å². The summed E-state index contributed by atoms with van der Waals surface area (Å²) < 4.78 is 5.29. The molecule has 1 aromatic rings. The quantitative estimate of drug-likeness (QED) is 0.872. The van der Waals surface area contributed by atoms with E-state index in [1.165, 1.54) is 0 Å². The van der Waals surface area contributed by atoms with Gasteiger partial charge in [0.2, 0.25) is 0 Å². The highest BCUT2D eigenvalue weighted by atomic mass is 16.6. The molecular weight excluding hydrogens is 290 g/mol. The lowest BCUT2D eigenvalue weighted by molar-refractivity contribution is 0.0513. The molecule has 0 aromatic carbocycles. The van der Waals surface area contributed by atoms with Crippen molar-refractivity contribution in [3.8, 4) is 0 Å². The Labute approximate surface area is 140 Å². The van der Waals surface area contributed by atoms with E-state index in [1.807, 2.05) is 40.0 Å². The number of carbonyl (C=O) groups excluding carboxylic acids is 1. The lowest BCUT2D eigenvalue weighted by Crippen LogP contribution is -2.49. The van der Waals surface area contributed by atoms with Crippen LogP contribution in [0, 0.1) is 12.3 Å². The van der Waals surface area contributed by atoms with Gasteiger partial charge in [0.25, 0.3) is 0 Å². The first-order chi connectivity index (χ1) is 10.5. The van der Waals surface area contributed by atoms with Crippen LogP contribution in [0.2, 0.25) is 0 Å². The second-order valence-electron chi connectivity index (χ2n) is 8.01. The first-order valence-electron chi connectivity index (χ1n) is 8.09. The van der Waals surface area contributed by atoms with Gasteiger partial charge in [-0.3, -0.25) is 4.98 Å². The molecule has 1 atom stereocenters. The molecule has 0 saturated carbocycles. The molecule has 0 unspecified atom stereocenters. The molecule has 1 rings (SSSR count). The Morgan fingerprint density at radius 1 is 1.22 bits per heavy atom. The number of rotatable bonds is 5. The number of pyridine rings is 1. The summed E-state index contributed by atoms with van der Waals surface area (Å²) in [5.41, 5.74) is 1.65. The highest BCUT2D eigenvalue weighted by Gasteiger charge is 2.25. The largest absolute Gasteiger partial charge is 0.444 e. The number of alkyl carbamates (subject to hydrolysis) is 1. The maximum absolute atomic E-state index is 11.8. The molecule has 1 aromatic heterocycles. The summed E-state index contributed by atoms with van der Waals surface area (Å²) in [7, 11) is 0. The minimum atomic E-state index is -0.486. The molecule has 0 aliphatic heterocycles. The summed E-state index contributed by atoms with van der Waals surface area (Å²) in [4.78, 5) is 16.2. The normalized spacial score (nSPS) is 13.5. The zero-order valence-electron chi connectivity index (χ0n) is 15.5. The molecule has 1 heterocycles. The molecule has 0 saturated heterocycles. The van der Waals surface area contributed by atoms with E-state index in [9.17, 15) is 4.79 Å². The second-order valence-corrected chi connectivity index (χ2v) is 8.01. The van der Waals surface area contributed by atoms with Crippen molar-refractivity contribution >= 4 is 6.09 Å². The molecular formula is C18H31N3O2. The van der Waals surface area contributed by atoms with Crippen molar-refractivity contribution in [3.63, 3.8) is 0 Å². The Bertz CT molecular complexity index is 498. The number of ether oxygens (including phenoxy) is 1. The molecule has 0 spiro atoms. The number of aryl methyl sites for hydroxylation is 1. The van der Waals surface area contributed by atoms with E-state index in [4.69, 9.17) is 4.74 Å². The molecule has 0 aliphatic carbocycles. The van der Waals surface area contributed by atoms with Crippen molar-refractivity contribution in [3.05, 3.63) is 29.6 Å². The maximum atomic E-state index is 11.8. The van der Waals surface area contributed by atoms with Gasteiger partial charge in [0.15, 0.2) is 0 Å². The van der Waals surface area contributed by atoms with Crippen molar-refractivity contribution in [2.24, 2.45) is 5.41 Å². The topological polar surface area (TPSA) is 63.2 Å². The average Bonchev–Trinajstić information content (AvgIpc) is 2.37. The van der Waals surface area contributed by atoms with E-state index in [0.29, 0.717) is 13.1 Å². The fourth-order valence-corrected chi connectivity index (χ4v) is 2.01. The van der Waals surface area contributed by atoms with Gasteiger partial charge < -0.3 is 15.4 Å². The summed E-state index contributed by atoms with van der Waals surface area (Å²) in [5, 5.41) is 6.33. The molecule has 0 bridgehead atoms. The minimum absolute atomic E-state index is 0.000288. The van der Waals surface area contributed by atoms with Crippen LogP contribution < -0.4 is 10.6 Å². The standard InChI is InChI=1S/C18H31N3O2/c1-13-8-9-14(19-10-13)11-20-15(17(2,3)4)12-21-16(22)23-18(5,6)7/h8-10,15,20H,11-12H2,1-7H3,(H,21,22)/t15-/m0/s1. The second kappa shape index (κ2) is 7.77. The number of aromatic nitrogens is 1. The van der Waals surface area contributed by atoms with Gasteiger partial charge in [0.1, 0.15) is 5.60 Å². The van der Waals surface area contributed by atoms with Crippen LogP contribution >= 0.6 is 0 Å². The summed E-state index contributed by atoms with van der Waals surface area (Å²) in [6.07, 6.45) is 1.48. The van der Waals surface area contributed by atoms with E-state index in [1.54, 1.807) is 0 Å². The van der Waals surface area contributed by atoms with Crippen molar-refractivity contribution in [1.29, 1.82) is 0 Å². The van der Waals surface area contributed by atoms with E-state index in [-0.39, 0.29) is 17.6 Å². The van der Waals surface area contributed by atoms with Crippen molar-refractivity contribution in [1.82, 2.24) is 15.6 Å². The number of carbonyl (C=O) groups is 1. The highest BCUT2D eigenvalue weighted by molar-refractivity contribution is 5.67. The van der Waals surface area contributed by atoms with Crippen LogP contribution in [0.15, 0.2) is 18.3 Å². The first-order valence-corrected chi connectivity index (χ1v) is 8.09. The predicted octanol–water partition coefficient (Wildman–Crippen LogP) is 3.42. The summed E-state index contributed by atoms with van der Waals surface area (Å²) in [5.74, 6) is 0. The van der Waals surface area contributed by atoms with Crippen LogP contribution in [-0.4, -0.2) is 29.3 Å². The van der Waals surface area contributed by atoms with Crippen LogP contribution in [-0.2, 0) is 11.3 Å². The van der Waals surface area contributed by atoms with Crippen LogP contribution in [0.1, 0.15) is 52.8 Å². The average molecular weight is 321 g/mol. The maximum Gasteiger partial charge on any atom is 0.407 e. The highest BCUT2D eigenvalue weighted by Crippen LogP contribution is 2.19. The summed E-state index contributed by atoms with van der Waals surface area (Å²) in [6, 6.07) is 4.18. The number of nitrogens with zero attached hydrogens (tertiary/aromatic N) is 1. The Morgan fingerprint density at radius 2 is 1.87 bits per heavy atom. The summed E-state index contributed by atoms with van der Waals surface area (Å²) in [6.45, 7) is 15.2. The van der Waals surface area contributed by atoms with Crippen molar-refractivity contribution < 1.29 is 9.53 Å². The Hall–Kier alpha value is -1.62. The minimum Gasteiger partial charge on any atom is -0.444 e. The third-order valence-electron chi connectivity index (χ3n) is 3.40. The van der Waals surface area contributed by atoms with Crippen LogP contribution in [0.3, 0.4) is 0 Å². The van der Waals surface area contributed by atoms with Crippen molar-refractivity contribution in [2.45, 2.75) is 66.7 Å². The lowest BCUT2D eigenvalue weighted by atomic mass is 9.86. The van der Waals surface area contributed by atoms with Gasteiger partial charge >= 0.3 is 6.09 Å². The Morgan fingerprint density at radius 3 is 2.35 bits per heavy atom. The molecule has 23 heavy (non-hydrogen) atoms. The Balaban J connectivity index is 2.56. The Kier molecular flexibility index (Phi) is 6.57. The molecule has 0 radical (unpaired) electrons. The van der Waals surface area contributed by atoms with Crippen LogP contribution in [0.25, 0.3) is 0 Å². The molecule has 1 amide bonds. The molecule has 5 heteroatoms. The fourth-order valence-electron chi connectivity index (χ4n) is 2.01. The molecule has 2 N–H and O–H groups in total. The number of nitrogens with one attached hydrogen (secondary N) is 2. The smallest absolute Gasteiger partial charge is 0.407 e. The molecule has 0 aliphatic rings. The van der Waals surface area contributed by atoms with Crippen LogP contribution in [0.5, 0.6) is 0 Å². The number of hydrogen-bond acceptors (Lipinski definition) is 4. The molecule has 0 fully saturated rings. The van der Waals surface area contributed by atoms with Crippen molar-refractivity contribution in [2.75, 3.05) is 6.54 Å². The third-order valence-corrected chi connectivity index (χ3v) is 3.40. The third kappa shape index (κ3) is 7.98. The monoisotopic (exact) mass is 321 g/mol. The summed E-state index contributed by atoms with van der Waals surface area (Å²) >= 11 is 0. The van der Waals surface area contributed by atoms with Gasteiger partial charge in [0.05, 0.1) is 5.69 Å². The van der Waals surface area contributed by atoms with Gasteiger partial charge in [-0.1, -0.05) is 26.8 Å². The molecule has 130 valence electrons. The van der Waals surface area contributed by atoms with E-state index in [2.05, 4.69) is 42.5 Å². The zero-order valence-corrected chi connectivity index (χ0v) is 15.5. The van der Waals surface area contributed by atoms with E-state index >= 15 is 0 Å². The van der Waals surface area contributed by atoms with Gasteiger partial charge in [-0.15, -0.1) is 0 Å². The number of hydrogen-bond donors (Lipinski definition) is 2. The van der Waals surface area contributed by atoms with E-state index < -0.39 is 5.60 Å². The predicted molar refractivity (Wildman–Crippen MR) is 93.3 cm³/mol. The van der Waals surface area contributed by atoms with E-state index in [0.717, 1.165) is 11.3 Å². The fraction of sp³-hybridized carbons (Fsp3) is 0.667. The SMILES string of the molecule is Cc1ccc(CN[C@@H](CNC(=O)OC(C)(C)C)C(C)(C)C)nc1. The van der Waals surface area contributed by atoms with Gasteiger partial charge in [0, 0.05) is 25.3 Å². The lowest BCUT2D eigenvalue weighted by Gasteiger charge is -2.32.